The lowest BCUT2D eigenvalue weighted by Crippen LogP contribution is -2.18. The van der Waals surface area contributed by atoms with E-state index in [1.807, 2.05) is 0 Å². The summed E-state index contributed by atoms with van der Waals surface area (Å²) in [7, 11) is 0. The summed E-state index contributed by atoms with van der Waals surface area (Å²) < 4.78 is 0.314. The molecule has 0 aliphatic rings. The average Bonchev–Trinajstić information content (AvgIpc) is 2.69. The molecule has 0 aliphatic carbocycles. The molecule has 0 bridgehead atoms. The molecule has 0 saturated heterocycles. The first kappa shape index (κ1) is 27.4. The van der Waals surface area contributed by atoms with E-state index in [-0.39, 0.29) is 0 Å². The molecule has 0 aromatic rings. The van der Waals surface area contributed by atoms with Crippen molar-refractivity contribution in [2.75, 3.05) is 0 Å². The first-order valence-corrected chi connectivity index (χ1v) is 13.4. The maximum Gasteiger partial charge on any atom is 0.0124 e. The van der Waals surface area contributed by atoms with Crippen LogP contribution in [-0.2, 0) is 0 Å². The first-order chi connectivity index (χ1) is 13.2. The fourth-order valence-corrected chi connectivity index (χ4v) is 4.29. The smallest absolute Gasteiger partial charge is 0.0124 e. The van der Waals surface area contributed by atoms with Crippen molar-refractivity contribution in [3.63, 3.8) is 0 Å². The molecule has 0 aromatic carbocycles. The van der Waals surface area contributed by atoms with Crippen molar-refractivity contribution in [3.05, 3.63) is 0 Å². The third-order valence-corrected chi connectivity index (χ3v) is 7.42. The molecule has 0 amide bonds. The summed E-state index contributed by atoms with van der Waals surface area (Å²) in [5.41, 5.74) is 0. The van der Waals surface area contributed by atoms with Crippen LogP contribution in [0, 0.1) is 0 Å². The van der Waals surface area contributed by atoms with Gasteiger partial charge in [-0.05, 0) is 19.3 Å². The predicted octanol–water partition coefficient (Wildman–Crippen LogP) is 10.3. The van der Waals surface area contributed by atoms with Gasteiger partial charge in [-0.1, -0.05) is 143 Å². The Balaban J connectivity index is 3.11. The van der Waals surface area contributed by atoms with Gasteiger partial charge in [0.05, 0.1) is 0 Å². The summed E-state index contributed by atoms with van der Waals surface area (Å²) in [6.07, 6.45) is 31.4. The Labute approximate surface area is 179 Å². The number of unbranched alkanes of at least 4 members (excludes halogenated alkanes) is 18. The third-order valence-electron chi connectivity index (χ3n) is 6.56. The fraction of sp³-hybridized carbons (Fsp3) is 1.00. The second-order valence-corrected chi connectivity index (χ2v) is 9.99. The minimum atomic E-state index is 0.314. The topological polar surface area (TPSA) is 0 Å². The summed E-state index contributed by atoms with van der Waals surface area (Å²) in [5.74, 6) is 0. The lowest BCUT2D eigenvalue weighted by atomic mass is 9.94. The van der Waals surface area contributed by atoms with E-state index in [4.69, 9.17) is 12.6 Å². The van der Waals surface area contributed by atoms with Crippen LogP contribution >= 0.6 is 12.6 Å². The second-order valence-electron chi connectivity index (χ2n) is 9.05. The molecule has 0 atom stereocenters. The van der Waals surface area contributed by atoms with Gasteiger partial charge >= 0.3 is 0 Å². The van der Waals surface area contributed by atoms with Crippen LogP contribution in [0.3, 0.4) is 0 Å². The summed E-state index contributed by atoms with van der Waals surface area (Å²) in [6.45, 7) is 6.87. The van der Waals surface area contributed by atoms with E-state index >= 15 is 0 Å². The van der Waals surface area contributed by atoms with Gasteiger partial charge in [0, 0.05) is 4.75 Å². The Bertz CT molecular complexity index is 269. The van der Waals surface area contributed by atoms with Gasteiger partial charge in [-0.2, -0.15) is 12.6 Å². The van der Waals surface area contributed by atoms with Gasteiger partial charge in [-0.15, -0.1) is 0 Å². The van der Waals surface area contributed by atoms with Gasteiger partial charge in [-0.25, -0.2) is 0 Å². The highest BCUT2D eigenvalue weighted by Gasteiger charge is 2.19. The van der Waals surface area contributed by atoms with Crippen molar-refractivity contribution in [2.24, 2.45) is 0 Å². The zero-order chi connectivity index (χ0) is 20.1. The molecule has 0 N–H and O–H groups in total. The van der Waals surface area contributed by atoms with Crippen molar-refractivity contribution in [1.82, 2.24) is 0 Å². The lowest BCUT2D eigenvalue weighted by Gasteiger charge is -2.25. The Morgan fingerprint density at radius 3 is 0.926 bits per heavy atom. The van der Waals surface area contributed by atoms with E-state index in [1.54, 1.807) is 0 Å². The van der Waals surface area contributed by atoms with E-state index in [2.05, 4.69) is 20.8 Å². The molecule has 0 aromatic heterocycles. The van der Waals surface area contributed by atoms with Gasteiger partial charge in [0.2, 0.25) is 0 Å². The standard InChI is InChI=1S/C26H54S/c1-4-7-8-9-10-11-12-13-14-15-16-17-18-19-20-21-22-23-24-25-26(27,5-2)6-3/h27H,4-25H2,1-3H3. The number of hydrogen-bond donors (Lipinski definition) is 1. The van der Waals surface area contributed by atoms with E-state index in [1.165, 1.54) is 141 Å². The van der Waals surface area contributed by atoms with Crippen LogP contribution in [0.4, 0.5) is 0 Å². The number of thiol groups is 1. The third kappa shape index (κ3) is 19.4. The zero-order valence-electron chi connectivity index (χ0n) is 19.5. The van der Waals surface area contributed by atoms with Gasteiger partial charge in [0.1, 0.15) is 0 Å². The van der Waals surface area contributed by atoms with Crippen molar-refractivity contribution in [1.29, 1.82) is 0 Å². The van der Waals surface area contributed by atoms with E-state index in [0.29, 0.717) is 4.75 Å². The van der Waals surface area contributed by atoms with Crippen LogP contribution in [0.15, 0.2) is 0 Å². The Morgan fingerprint density at radius 1 is 0.407 bits per heavy atom. The summed E-state index contributed by atoms with van der Waals surface area (Å²) in [6, 6.07) is 0. The largest absolute Gasteiger partial charge is 0.173 e. The first-order valence-electron chi connectivity index (χ1n) is 12.9. The average molecular weight is 399 g/mol. The zero-order valence-corrected chi connectivity index (χ0v) is 20.4. The SMILES string of the molecule is CCCCCCCCCCCCCCCCCCCCCC(S)(CC)CC. The Morgan fingerprint density at radius 2 is 0.667 bits per heavy atom. The van der Waals surface area contributed by atoms with Crippen LogP contribution < -0.4 is 0 Å². The van der Waals surface area contributed by atoms with Gasteiger partial charge in [0.25, 0.3) is 0 Å². The molecule has 0 aliphatic heterocycles. The highest BCUT2D eigenvalue weighted by molar-refractivity contribution is 7.81. The normalized spacial score (nSPS) is 12.0. The molecular formula is C26H54S. The quantitative estimate of drug-likeness (QED) is 0.136. The summed E-state index contributed by atoms with van der Waals surface area (Å²) in [4.78, 5) is 0. The maximum absolute atomic E-state index is 4.86. The predicted molar refractivity (Wildman–Crippen MR) is 130 cm³/mol. The van der Waals surface area contributed by atoms with Crippen LogP contribution in [0.5, 0.6) is 0 Å². The minimum absolute atomic E-state index is 0.314. The molecule has 0 fully saturated rings. The van der Waals surface area contributed by atoms with E-state index in [9.17, 15) is 0 Å². The molecular weight excluding hydrogens is 344 g/mol. The molecule has 0 rings (SSSR count). The van der Waals surface area contributed by atoms with Gasteiger partial charge < -0.3 is 0 Å². The molecule has 0 saturated carbocycles. The molecule has 164 valence electrons. The summed E-state index contributed by atoms with van der Waals surface area (Å²) >= 11 is 4.86. The maximum atomic E-state index is 4.86. The van der Waals surface area contributed by atoms with Crippen molar-refractivity contribution < 1.29 is 0 Å². The van der Waals surface area contributed by atoms with Crippen molar-refractivity contribution in [2.45, 2.75) is 167 Å². The minimum Gasteiger partial charge on any atom is -0.173 e. The molecule has 0 unspecified atom stereocenters. The van der Waals surface area contributed by atoms with Crippen molar-refractivity contribution in [3.8, 4) is 0 Å². The highest BCUT2D eigenvalue weighted by atomic mass is 32.1. The van der Waals surface area contributed by atoms with Crippen LogP contribution in [0.1, 0.15) is 162 Å². The van der Waals surface area contributed by atoms with E-state index < -0.39 is 0 Å². The molecule has 0 spiro atoms. The monoisotopic (exact) mass is 398 g/mol. The molecule has 0 nitrogen and oxygen atoms in total. The number of hydrogen-bond acceptors (Lipinski definition) is 1. The van der Waals surface area contributed by atoms with Crippen LogP contribution in [0.2, 0.25) is 0 Å². The lowest BCUT2D eigenvalue weighted by molar-refractivity contribution is 0.469. The fourth-order valence-electron chi connectivity index (χ4n) is 4.14. The summed E-state index contributed by atoms with van der Waals surface area (Å²) in [5, 5.41) is 0. The molecule has 0 heterocycles. The Hall–Kier alpha value is 0.350. The molecule has 0 radical (unpaired) electrons. The molecule has 1 heteroatoms. The number of rotatable bonds is 22. The Kier molecular flexibility index (Phi) is 21.3. The van der Waals surface area contributed by atoms with Gasteiger partial charge in [-0.3, -0.25) is 0 Å². The van der Waals surface area contributed by atoms with Gasteiger partial charge in [0.15, 0.2) is 0 Å². The highest BCUT2D eigenvalue weighted by Crippen LogP contribution is 2.29. The van der Waals surface area contributed by atoms with Crippen LogP contribution in [-0.4, -0.2) is 4.75 Å². The molecule has 27 heavy (non-hydrogen) atoms. The second kappa shape index (κ2) is 21.1. The van der Waals surface area contributed by atoms with Crippen molar-refractivity contribution >= 4 is 12.6 Å². The van der Waals surface area contributed by atoms with Crippen LogP contribution in [0.25, 0.3) is 0 Å². The van der Waals surface area contributed by atoms with E-state index in [0.717, 1.165) is 0 Å².